The molecule has 1 unspecified atom stereocenters. The number of hydrogen-bond donors (Lipinski definition) is 0. The van der Waals surface area contributed by atoms with Gasteiger partial charge in [-0.05, 0) is 26.0 Å². The molecule has 0 aliphatic carbocycles. The molecule has 2 heteroatoms. The lowest BCUT2D eigenvalue weighted by molar-refractivity contribution is 0.660. The first-order valence-corrected chi connectivity index (χ1v) is 5.13. The van der Waals surface area contributed by atoms with Gasteiger partial charge in [-0.1, -0.05) is 42.5 Å². The van der Waals surface area contributed by atoms with Gasteiger partial charge in [-0.25, -0.2) is 0 Å². The van der Waals surface area contributed by atoms with Gasteiger partial charge in [0.05, 0.1) is 3.92 Å². The maximum atomic E-state index is 3.96. The summed E-state index contributed by atoms with van der Waals surface area (Å²) < 4.78 is 0.476. The summed E-state index contributed by atoms with van der Waals surface area (Å²) in [6.45, 7) is 10.1. The fourth-order valence-electron chi connectivity index (χ4n) is 0.709. The van der Waals surface area contributed by atoms with Crippen molar-refractivity contribution < 1.29 is 0 Å². The lowest BCUT2D eigenvalue weighted by atomic mass is 10.1. The highest BCUT2D eigenvalue weighted by Crippen LogP contribution is 2.15. The lowest BCUT2D eigenvalue weighted by Crippen LogP contribution is -1.94. The molecule has 0 fully saturated rings. The molecule has 0 aliphatic rings. The molecule has 1 atom stereocenters. The van der Waals surface area contributed by atoms with Gasteiger partial charge in [0.2, 0.25) is 0 Å². The molecular formula is C9H16IN. The fraction of sp³-hybridized carbons (Fsp3) is 0.667. The van der Waals surface area contributed by atoms with E-state index < -0.39 is 0 Å². The predicted molar refractivity (Wildman–Crippen MR) is 60.6 cm³/mol. The summed E-state index contributed by atoms with van der Waals surface area (Å²) >= 11 is 2.35. The van der Waals surface area contributed by atoms with Gasteiger partial charge in [0.1, 0.15) is 0 Å². The Morgan fingerprint density at radius 2 is 2.09 bits per heavy atom. The van der Waals surface area contributed by atoms with Crippen LogP contribution in [0.5, 0.6) is 0 Å². The minimum atomic E-state index is 0.476. The Morgan fingerprint density at radius 3 is 2.36 bits per heavy atom. The van der Waals surface area contributed by atoms with Crippen molar-refractivity contribution in [3.05, 3.63) is 11.8 Å². The minimum Gasteiger partial charge on any atom is -0.268 e. The van der Waals surface area contributed by atoms with Crippen molar-refractivity contribution in [2.24, 2.45) is 10.9 Å². The van der Waals surface area contributed by atoms with Crippen LogP contribution in [0, 0.1) is 5.92 Å². The second kappa shape index (κ2) is 5.75. The van der Waals surface area contributed by atoms with Crippen LogP contribution in [0.15, 0.2) is 16.8 Å². The predicted octanol–water partition coefficient (Wildman–Crippen LogP) is 3.44. The summed E-state index contributed by atoms with van der Waals surface area (Å²) in [5.74, 6) is 0.710. The maximum absolute atomic E-state index is 3.96. The summed E-state index contributed by atoms with van der Waals surface area (Å²) in [7, 11) is 0. The average molecular weight is 265 g/mol. The highest BCUT2D eigenvalue weighted by molar-refractivity contribution is 14.1. The molecule has 0 saturated carbocycles. The SMILES string of the molecule is C=NC(=CCC(C)C)C(C)I. The molecule has 0 aliphatic heterocycles. The fourth-order valence-corrected chi connectivity index (χ4v) is 1.16. The molecule has 0 N–H and O–H groups in total. The first-order valence-electron chi connectivity index (χ1n) is 3.88. The van der Waals surface area contributed by atoms with E-state index in [-0.39, 0.29) is 0 Å². The largest absolute Gasteiger partial charge is 0.268 e. The Hall–Kier alpha value is 0.140. The lowest BCUT2D eigenvalue weighted by Gasteiger charge is -2.04. The molecule has 11 heavy (non-hydrogen) atoms. The molecule has 1 nitrogen and oxygen atoms in total. The van der Waals surface area contributed by atoms with E-state index in [4.69, 9.17) is 0 Å². The Balaban J connectivity index is 4.01. The molecule has 0 aromatic heterocycles. The normalized spacial score (nSPS) is 15.2. The van der Waals surface area contributed by atoms with Gasteiger partial charge in [-0.3, -0.25) is 4.99 Å². The van der Waals surface area contributed by atoms with Crippen molar-refractivity contribution in [3.8, 4) is 0 Å². The van der Waals surface area contributed by atoms with Crippen molar-refractivity contribution in [1.29, 1.82) is 0 Å². The van der Waals surface area contributed by atoms with Gasteiger partial charge < -0.3 is 0 Å². The van der Waals surface area contributed by atoms with Gasteiger partial charge in [0.15, 0.2) is 0 Å². The van der Waals surface area contributed by atoms with E-state index in [2.05, 4.69) is 61.1 Å². The van der Waals surface area contributed by atoms with Gasteiger partial charge in [-0.2, -0.15) is 0 Å². The van der Waals surface area contributed by atoms with E-state index >= 15 is 0 Å². The molecule has 0 saturated heterocycles. The Labute approximate surface area is 83.1 Å². The highest BCUT2D eigenvalue weighted by atomic mass is 127. The van der Waals surface area contributed by atoms with Gasteiger partial charge in [0.25, 0.3) is 0 Å². The molecule has 0 spiro atoms. The summed E-state index contributed by atoms with van der Waals surface area (Å²) in [5, 5.41) is 0. The molecule has 0 radical (unpaired) electrons. The smallest absolute Gasteiger partial charge is 0.0500 e. The number of halogens is 1. The molecule has 0 rings (SSSR count). The van der Waals surface area contributed by atoms with Crippen LogP contribution in [0.2, 0.25) is 0 Å². The Morgan fingerprint density at radius 1 is 1.55 bits per heavy atom. The zero-order valence-corrected chi connectivity index (χ0v) is 9.63. The van der Waals surface area contributed by atoms with Crippen molar-refractivity contribution in [3.63, 3.8) is 0 Å². The standard InChI is InChI=1S/C9H16IN/c1-7(2)5-6-9(11-4)8(3)10/h6-8H,4-5H2,1-3H3. The molecule has 0 bridgehead atoms. The Kier molecular flexibility index (Phi) is 5.82. The van der Waals surface area contributed by atoms with Crippen LogP contribution in [-0.2, 0) is 0 Å². The number of hydrogen-bond acceptors (Lipinski definition) is 1. The van der Waals surface area contributed by atoms with E-state index in [9.17, 15) is 0 Å². The molecule has 0 aromatic carbocycles. The van der Waals surface area contributed by atoms with E-state index in [1.165, 1.54) is 0 Å². The van der Waals surface area contributed by atoms with Gasteiger partial charge in [0, 0.05) is 5.70 Å². The third-order valence-electron chi connectivity index (χ3n) is 1.39. The third-order valence-corrected chi connectivity index (χ3v) is 2.03. The molecule has 0 amide bonds. The van der Waals surface area contributed by atoms with E-state index in [1.807, 2.05) is 0 Å². The van der Waals surface area contributed by atoms with Crippen LogP contribution in [0.4, 0.5) is 0 Å². The third kappa shape index (κ3) is 5.41. The van der Waals surface area contributed by atoms with Crippen LogP contribution < -0.4 is 0 Å². The molecule has 0 heterocycles. The van der Waals surface area contributed by atoms with Crippen molar-refractivity contribution >= 4 is 29.3 Å². The number of aliphatic imine (C=N–C) groups is 1. The summed E-state index contributed by atoms with van der Waals surface area (Å²) in [6.07, 6.45) is 3.27. The number of allylic oxidation sites excluding steroid dienone is 2. The minimum absolute atomic E-state index is 0.476. The second-order valence-corrected chi connectivity index (χ2v) is 4.90. The van der Waals surface area contributed by atoms with Crippen LogP contribution in [-0.4, -0.2) is 10.6 Å². The molecular weight excluding hydrogens is 249 g/mol. The first-order chi connectivity index (χ1) is 5.07. The maximum Gasteiger partial charge on any atom is 0.0500 e. The average Bonchev–Trinajstić information content (AvgIpc) is 1.87. The zero-order valence-electron chi connectivity index (χ0n) is 7.47. The van der Waals surface area contributed by atoms with Gasteiger partial charge in [-0.15, -0.1) is 0 Å². The zero-order chi connectivity index (χ0) is 8.85. The number of nitrogens with zero attached hydrogens (tertiary/aromatic N) is 1. The quantitative estimate of drug-likeness (QED) is 0.419. The van der Waals surface area contributed by atoms with E-state index in [1.54, 1.807) is 0 Å². The molecule has 0 aromatic rings. The summed E-state index contributed by atoms with van der Waals surface area (Å²) in [4.78, 5) is 3.96. The van der Waals surface area contributed by atoms with Crippen LogP contribution in [0.3, 0.4) is 0 Å². The van der Waals surface area contributed by atoms with Crippen LogP contribution in [0.1, 0.15) is 27.2 Å². The first kappa shape index (κ1) is 11.1. The van der Waals surface area contributed by atoms with Crippen molar-refractivity contribution in [1.82, 2.24) is 0 Å². The summed E-state index contributed by atoms with van der Waals surface area (Å²) in [6, 6.07) is 0. The van der Waals surface area contributed by atoms with Crippen molar-refractivity contribution in [2.75, 3.05) is 0 Å². The highest BCUT2D eigenvalue weighted by Gasteiger charge is 2.01. The topological polar surface area (TPSA) is 12.4 Å². The molecule has 64 valence electrons. The Bertz CT molecular complexity index is 148. The van der Waals surface area contributed by atoms with Gasteiger partial charge >= 0.3 is 0 Å². The second-order valence-electron chi connectivity index (χ2n) is 3.03. The monoisotopic (exact) mass is 265 g/mol. The van der Waals surface area contributed by atoms with Crippen molar-refractivity contribution in [2.45, 2.75) is 31.1 Å². The van der Waals surface area contributed by atoms with Crippen LogP contribution in [0.25, 0.3) is 0 Å². The van der Waals surface area contributed by atoms with E-state index in [0.29, 0.717) is 9.84 Å². The van der Waals surface area contributed by atoms with E-state index in [0.717, 1.165) is 12.1 Å². The summed E-state index contributed by atoms with van der Waals surface area (Å²) in [5.41, 5.74) is 1.11. The number of alkyl halides is 1. The van der Waals surface area contributed by atoms with Crippen LogP contribution >= 0.6 is 22.6 Å². The number of rotatable bonds is 4.